The quantitative estimate of drug-likeness (QED) is 0.338. The maximum absolute atomic E-state index is 4.50. The minimum Gasteiger partial charge on any atom is -0.352 e. The normalized spacial score (nSPS) is 21.2. The SMILES string of the molecule is CCc1ccccc1CNC(=NC)N1CCC(N2CC=CC2)C1.I. The van der Waals surface area contributed by atoms with Gasteiger partial charge in [0.1, 0.15) is 0 Å². The summed E-state index contributed by atoms with van der Waals surface area (Å²) in [6.07, 6.45) is 6.85. The van der Waals surface area contributed by atoms with E-state index in [1.54, 1.807) is 0 Å². The molecule has 1 aromatic carbocycles. The molecule has 4 nitrogen and oxygen atoms in total. The third-order valence-electron chi connectivity index (χ3n) is 4.97. The van der Waals surface area contributed by atoms with Gasteiger partial charge in [-0.15, -0.1) is 24.0 Å². The van der Waals surface area contributed by atoms with E-state index in [4.69, 9.17) is 0 Å². The van der Waals surface area contributed by atoms with Gasteiger partial charge in [-0.1, -0.05) is 43.3 Å². The van der Waals surface area contributed by atoms with Crippen molar-refractivity contribution >= 4 is 29.9 Å². The van der Waals surface area contributed by atoms with Gasteiger partial charge in [0.05, 0.1) is 0 Å². The molecular formula is C19H29IN4. The summed E-state index contributed by atoms with van der Waals surface area (Å²) in [6.45, 7) is 7.45. The average Bonchev–Trinajstić information content (AvgIpc) is 3.27. The Morgan fingerprint density at radius 3 is 2.58 bits per heavy atom. The molecule has 3 rings (SSSR count). The van der Waals surface area contributed by atoms with Crippen molar-refractivity contribution in [3.63, 3.8) is 0 Å². The lowest BCUT2D eigenvalue weighted by molar-refractivity contribution is 0.259. The standard InChI is InChI=1S/C19H28N4.HI/c1-3-16-8-4-5-9-17(16)14-21-19(20-2)23-13-10-18(15-23)22-11-6-7-12-22;/h4-9,18H,3,10-15H2,1-2H3,(H,20,21);1H. The first kappa shape index (κ1) is 19.2. The van der Waals surface area contributed by atoms with Crippen molar-refractivity contribution in [2.75, 3.05) is 33.2 Å². The van der Waals surface area contributed by atoms with Crippen LogP contribution in [0.5, 0.6) is 0 Å². The number of rotatable bonds is 4. The van der Waals surface area contributed by atoms with Crippen LogP contribution in [0.4, 0.5) is 0 Å². The molecule has 5 heteroatoms. The summed E-state index contributed by atoms with van der Waals surface area (Å²) in [5.41, 5.74) is 2.79. The van der Waals surface area contributed by atoms with Crippen molar-refractivity contribution in [3.05, 3.63) is 47.5 Å². The molecule has 1 fully saturated rings. The van der Waals surface area contributed by atoms with E-state index in [2.05, 4.69) is 63.5 Å². The minimum atomic E-state index is 0. The molecule has 0 saturated carbocycles. The Hall–Kier alpha value is -1.08. The van der Waals surface area contributed by atoms with E-state index in [1.165, 1.54) is 17.5 Å². The molecule has 1 aromatic rings. The van der Waals surface area contributed by atoms with Crippen LogP contribution >= 0.6 is 24.0 Å². The van der Waals surface area contributed by atoms with Gasteiger partial charge in [-0.2, -0.15) is 0 Å². The summed E-state index contributed by atoms with van der Waals surface area (Å²) in [4.78, 5) is 9.45. The van der Waals surface area contributed by atoms with Crippen molar-refractivity contribution in [1.29, 1.82) is 0 Å². The maximum atomic E-state index is 4.50. The number of nitrogens with one attached hydrogen (secondary N) is 1. The number of aliphatic imine (C=N–C) groups is 1. The first-order valence-corrected chi connectivity index (χ1v) is 8.73. The predicted octanol–water partition coefficient (Wildman–Crippen LogP) is 2.89. The highest BCUT2D eigenvalue weighted by Crippen LogP contribution is 2.18. The second kappa shape index (κ2) is 9.42. The van der Waals surface area contributed by atoms with Gasteiger partial charge in [0, 0.05) is 45.8 Å². The van der Waals surface area contributed by atoms with Gasteiger partial charge >= 0.3 is 0 Å². The lowest BCUT2D eigenvalue weighted by Gasteiger charge is -2.25. The molecule has 1 unspecified atom stereocenters. The molecule has 0 bridgehead atoms. The van der Waals surface area contributed by atoms with Crippen LogP contribution in [0, 0.1) is 0 Å². The van der Waals surface area contributed by atoms with Crippen molar-refractivity contribution in [3.8, 4) is 0 Å². The zero-order valence-electron chi connectivity index (χ0n) is 14.7. The highest BCUT2D eigenvalue weighted by Gasteiger charge is 2.29. The molecule has 1 saturated heterocycles. The summed E-state index contributed by atoms with van der Waals surface area (Å²) in [7, 11) is 1.89. The van der Waals surface area contributed by atoms with Gasteiger partial charge in [0.15, 0.2) is 5.96 Å². The van der Waals surface area contributed by atoms with Gasteiger partial charge in [-0.05, 0) is 24.0 Å². The van der Waals surface area contributed by atoms with E-state index in [9.17, 15) is 0 Å². The summed E-state index contributed by atoms with van der Waals surface area (Å²) in [6, 6.07) is 9.32. The van der Waals surface area contributed by atoms with Crippen LogP contribution in [0.2, 0.25) is 0 Å². The lowest BCUT2D eigenvalue weighted by atomic mass is 10.1. The molecule has 0 aliphatic carbocycles. The smallest absolute Gasteiger partial charge is 0.193 e. The van der Waals surface area contributed by atoms with Crippen molar-refractivity contribution in [2.24, 2.45) is 4.99 Å². The number of likely N-dealkylation sites (tertiary alicyclic amines) is 1. The predicted molar refractivity (Wildman–Crippen MR) is 112 cm³/mol. The molecule has 1 atom stereocenters. The number of hydrogen-bond acceptors (Lipinski definition) is 2. The highest BCUT2D eigenvalue weighted by atomic mass is 127. The fraction of sp³-hybridized carbons (Fsp3) is 0.526. The summed E-state index contributed by atoms with van der Waals surface area (Å²) in [5.74, 6) is 1.03. The van der Waals surface area contributed by atoms with Crippen LogP contribution < -0.4 is 5.32 Å². The van der Waals surface area contributed by atoms with Crippen LogP contribution in [-0.2, 0) is 13.0 Å². The Bertz CT molecular complexity index is 576. The fourth-order valence-corrected chi connectivity index (χ4v) is 3.61. The van der Waals surface area contributed by atoms with E-state index >= 15 is 0 Å². The molecule has 0 spiro atoms. The third-order valence-corrected chi connectivity index (χ3v) is 4.97. The second-order valence-corrected chi connectivity index (χ2v) is 6.34. The first-order chi connectivity index (χ1) is 11.3. The Labute approximate surface area is 163 Å². The van der Waals surface area contributed by atoms with E-state index in [0.29, 0.717) is 6.04 Å². The molecule has 0 aromatic heterocycles. The molecule has 2 heterocycles. The van der Waals surface area contributed by atoms with Gasteiger partial charge < -0.3 is 10.2 Å². The molecule has 0 amide bonds. The number of guanidine groups is 1. The van der Waals surface area contributed by atoms with E-state index < -0.39 is 0 Å². The van der Waals surface area contributed by atoms with Crippen molar-refractivity contribution < 1.29 is 0 Å². The Kier molecular flexibility index (Phi) is 7.55. The monoisotopic (exact) mass is 440 g/mol. The third kappa shape index (κ3) is 4.51. The lowest BCUT2D eigenvalue weighted by Crippen LogP contribution is -2.42. The van der Waals surface area contributed by atoms with Gasteiger partial charge in [0.25, 0.3) is 0 Å². The van der Waals surface area contributed by atoms with Crippen LogP contribution in [0.15, 0.2) is 41.4 Å². The second-order valence-electron chi connectivity index (χ2n) is 6.34. The van der Waals surface area contributed by atoms with Crippen molar-refractivity contribution in [1.82, 2.24) is 15.1 Å². The van der Waals surface area contributed by atoms with Crippen LogP contribution in [0.25, 0.3) is 0 Å². The average molecular weight is 440 g/mol. The number of hydrogen-bond donors (Lipinski definition) is 1. The Morgan fingerprint density at radius 1 is 1.21 bits per heavy atom. The topological polar surface area (TPSA) is 30.9 Å². The fourth-order valence-electron chi connectivity index (χ4n) is 3.61. The van der Waals surface area contributed by atoms with E-state index in [1.807, 2.05) is 7.05 Å². The molecule has 2 aliphatic heterocycles. The van der Waals surface area contributed by atoms with Gasteiger partial charge in [0.2, 0.25) is 0 Å². The van der Waals surface area contributed by atoms with E-state index in [-0.39, 0.29) is 24.0 Å². The van der Waals surface area contributed by atoms with Crippen LogP contribution in [0.1, 0.15) is 24.5 Å². The van der Waals surface area contributed by atoms with E-state index in [0.717, 1.165) is 45.1 Å². The number of aryl methyl sites for hydroxylation is 1. The maximum Gasteiger partial charge on any atom is 0.193 e. The van der Waals surface area contributed by atoms with Crippen LogP contribution in [-0.4, -0.2) is 55.0 Å². The molecule has 1 N–H and O–H groups in total. The molecule has 2 aliphatic rings. The molecular weight excluding hydrogens is 411 g/mol. The summed E-state index contributed by atoms with van der Waals surface area (Å²) >= 11 is 0. The largest absolute Gasteiger partial charge is 0.352 e. The highest BCUT2D eigenvalue weighted by molar-refractivity contribution is 14.0. The molecule has 0 radical (unpaired) electrons. The summed E-state index contributed by atoms with van der Waals surface area (Å²) in [5, 5.41) is 3.56. The Morgan fingerprint density at radius 2 is 1.92 bits per heavy atom. The minimum absolute atomic E-state index is 0. The van der Waals surface area contributed by atoms with Gasteiger partial charge in [-0.25, -0.2) is 0 Å². The summed E-state index contributed by atoms with van der Waals surface area (Å²) < 4.78 is 0. The number of benzene rings is 1. The number of halogens is 1. The molecule has 132 valence electrons. The van der Waals surface area contributed by atoms with Crippen LogP contribution in [0.3, 0.4) is 0 Å². The zero-order valence-corrected chi connectivity index (χ0v) is 17.1. The Balaban J connectivity index is 0.00000208. The zero-order chi connectivity index (χ0) is 16.1. The number of nitrogens with zero attached hydrogens (tertiary/aromatic N) is 3. The van der Waals surface area contributed by atoms with Crippen molar-refractivity contribution in [2.45, 2.75) is 32.4 Å². The first-order valence-electron chi connectivity index (χ1n) is 8.73. The molecule has 24 heavy (non-hydrogen) atoms. The van der Waals surface area contributed by atoms with Gasteiger partial charge in [-0.3, -0.25) is 9.89 Å².